The lowest BCUT2D eigenvalue weighted by Gasteiger charge is -1.96. The van der Waals surface area contributed by atoms with E-state index in [1.807, 2.05) is 6.07 Å². The number of ether oxygens (including phenoxy) is 1. The molecule has 2 rings (SSSR count). The molecule has 0 radical (unpaired) electrons. The molecule has 0 amide bonds. The van der Waals surface area contributed by atoms with E-state index < -0.39 is 0 Å². The van der Waals surface area contributed by atoms with E-state index >= 15 is 0 Å². The average molecular weight is 252 g/mol. The van der Waals surface area contributed by atoms with Crippen molar-refractivity contribution in [2.75, 3.05) is 7.11 Å². The van der Waals surface area contributed by atoms with Crippen LogP contribution in [0.15, 0.2) is 48.2 Å². The molecule has 98 valence electrons. The Morgan fingerprint density at radius 2 is 2.11 bits per heavy atom. The van der Waals surface area contributed by atoms with Crippen molar-refractivity contribution in [2.24, 2.45) is 5.92 Å². The third-order valence-corrected chi connectivity index (χ3v) is 3.54. The Balaban J connectivity index is 1.91. The Bertz CT molecular complexity index is 488. The molecule has 1 saturated carbocycles. The van der Waals surface area contributed by atoms with Gasteiger partial charge in [-0.2, -0.15) is 0 Å². The highest BCUT2D eigenvalue weighted by molar-refractivity contribution is 5.32. The molecule has 0 aromatic heterocycles. The van der Waals surface area contributed by atoms with Crippen LogP contribution in [0, 0.1) is 18.3 Å². The van der Waals surface area contributed by atoms with Gasteiger partial charge in [0.1, 0.15) is 0 Å². The van der Waals surface area contributed by atoms with Gasteiger partial charge in [0.15, 0.2) is 0 Å². The number of hydrogen-bond donors (Lipinski definition) is 0. The van der Waals surface area contributed by atoms with Gasteiger partial charge < -0.3 is 4.74 Å². The molecule has 1 heteroatoms. The average Bonchev–Trinajstić information content (AvgIpc) is 3.17. The van der Waals surface area contributed by atoms with E-state index in [9.17, 15) is 0 Å². The van der Waals surface area contributed by atoms with Gasteiger partial charge in [-0.05, 0) is 30.6 Å². The van der Waals surface area contributed by atoms with Crippen molar-refractivity contribution in [3.05, 3.63) is 53.8 Å². The first kappa shape index (κ1) is 13.7. The first-order chi connectivity index (χ1) is 9.38. The number of unbranched alkanes of at least 4 members (excludes halogenated alkanes) is 2. The number of terminal acetylenes is 1. The first-order valence-electron chi connectivity index (χ1n) is 6.80. The predicted molar refractivity (Wildman–Crippen MR) is 78.8 cm³/mol. The quantitative estimate of drug-likeness (QED) is 0.423. The molecule has 1 aromatic rings. The minimum absolute atomic E-state index is 0.300. The summed E-state index contributed by atoms with van der Waals surface area (Å²) in [6, 6.07) is 10.5. The zero-order valence-corrected chi connectivity index (χ0v) is 11.4. The fraction of sp³-hybridized carbons (Fsp3) is 0.389. The van der Waals surface area contributed by atoms with Gasteiger partial charge in [0.2, 0.25) is 0 Å². The molecule has 1 fully saturated rings. The van der Waals surface area contributed by atoms with Crippen molar-refractivity contribution in [3.63, 3.8) is 0 Å². The molecular formula is C18H20O. The smallest absolute Gasteiger partial charge is 0.0722 e. The van der Waals surface area contributed by atoms with Crippen LogP contribution in [0.4, 0.5) is 0 Å². The van der Waals surface area contributed by atoms with Gasteiger partial charge in [0.25, 0.3) is 0 Å². The summed E-state index contributed by atoms with van der Waals surface area (Å²) in [6.07, 6.45) is 12.6. The molecule has 0 bridgehead atoms. The Morgan fingerprint density at radius 3 is 2.79 bits per heavy atom. The van der Waals surface area contributed by atoms with E-state index in [2.05, 4.69) is 48.1 Å². The van der Waals surface area contributed by atoms with Gasteiger partial charge in [-0.1, -0.05) is 30.3 Å². The lowest BCUT2D eigenvalue weighted by molar-refractivity contribution is 0.171. The zero-order chi connectivity index (χ0) is 13.5. The Hall–Kier alpha value is -1.74. The van der Waals surface area contributed by atoms with Crippen molar-refractivity contribution in [1.82, 2.24) is 0 Å². The third-order valence-electron chi connectivity index (χ3n) is 3.54. The van der Waals surface area contributed by atoms with Crippen molar-refractivity contribution >= 4 is 0 Å². The maximum Gasteiger partial charge on any atom is 0.0722 e. The number of benzene rings is 1. The summed E-state index contributed by atoms with van der Waals surface area (Å²) in [7, 11) is 1.78. The van der Waals surface area contributed by atoms with E-state index in [1.54, 1.807) is 7.11 Å². The van der Waals surface area contributed by atoms with Crippen molar-refractivity contribution in [1.29, 1.82) is 0 Å². The Morgan fingerprint density at radius 1 is 1.32 bits per heavy atom. The fourth-order valence-electron chi connectivity index (χ4n) is 2.46. The van der Waals surface area contributed by atoms with E-state index in [4.69, 9.17) is 11.2 Å². The van der Waals surface area contributed by atoms with Crippen LogP contribution < -0.4 is 0 Å². The summed E-state index contributed by atoms with van der Waals surface area (Å²) in [5.41, 5.74) is 4.62. The van der Waals surface area contributed by atoms with Gasteiger partial charge >= 0.3 is 0 Å². The largest absolute Gasteiger partial charge is 0.380 e. The molecule has 1 aliphatic rings. The molecule has 19 heavy (non-hydrogen) atoms. The van der Waals surface area contributed by atoms with E-state index in [-0.39, 0.29) is 0 Å². The number of hydrogen-bond acceptors (Lipinski definition) is 1. The lowest BCUT2D eigenvalue weighted by atomic mass is 10.1. The maximum absolute atomic E-state index is 5.52. The summed E-state index contributed by atoms with van der Waals surface area (Å²) in [5.74, 6) is 3.59. The highest BCUT2D eigenvalue weighted by Gasteiger charge is 2.49. The summed E-state index contributed by atoms with van der Waals surface area (Å²) < 4.78 is 5.52. The zero-order valence-electron chi connectivity index (χ0n) is 11.4. The van der Waals surface area contributed by atoms with Gasteiger partial charge in [-0.3, -0.25) is 0 Å². The predicted octanol–water partition coefficient (Wildman–Crippen LogP) is 3.93. The van der Waals surface area contributed by atoms with Crippen LogP contribution in [0.5, 0.6) is 0 Å². The first-order valence-corrected chi connectivity index (χ1v) is 6.80. The molecule has 1 aromatic carbocycles. The Kier molecular flexibility index (Phi) is 5.04. The summed E-state index contributed by atoms with van der Waals surface area (Å²) in [6.45, 7) is 0. The van der Waals surface area contributed by atoms with Crippen molar-refractivity contribution in [3.8, 4) is 12.3 Å². The highest BCUT2D eigenvalue weighted by Crippen LogP contribution is 2.50. The highest BCUT2D eigenvalue weighted by atomic mass is 16.5. The second-order valence-corrected chi connectivity index (χ2v) is 4.85. The minimum Gasteiger partial charge on any atom is -0.380 e. The van der Waals surface area contributed by atoms with Crippen LogP contribution in [-0.2, 0) is 4.74 Å². The van der Waals surface area contributed by atoms with Gasteiger partial charge in [-0.15, -0.1) is 18.1 Å². The number of rotatable bonds is 6. The van der Waals surface area contributed by atoms with Crippen molar-refractivity contribution in [2.45, 2.75) is 31.3 Å². The molecule has 0 saturated heterocycles. The molecule has 1 unspecified atom stereocenters. The van der Waals surface area contributed by atoms with Gasteiger partial charge in [0, 0.05) is 25.4 Å². The SMILES string of the molecule is C#CCCCC=C=CC1[C@@H](OC)[C@H]1c1ccccc1. The summed E-state index contributed by atoms with van der Waals surface area (Å²) in [4.78, 5) is 0. The standard InChI is InChI=1S/C18H20O/c1-3-4-5-6-7-11-14-16-17(18(16)19-2)15-12-9-8-10-13-15/h1,7-10,12-14,16-18H,4-6H2,2H3/t11?,16?,17-,18+/m0/s1. The maximum atomic E-state index is 5.52. The topological polar surface area (TPSA) is 9.23 Å². The fourth-order valence-corrected chi connectivity index (χ4v) is 2.46. The molecular weight excluding hydrogens is 232 g/mol. The van der Waals surface area contributed by atoms with Crippen LogP contribution >= 0.6 is 0 Å². The second kappa shape index (κ2) is 7.00. The second-order valence-electron chi connectivity index (χ2n) is 4.85. The van der Waals surface area contributed by atoms with Gasteiger partial charge in [0.05, 0.1) is 6.10 Å². The van der Waals surface area contributed by atoms with Gasteiger partial charge in [-0.25, -0.2) is 0 Å². The molecule has 1 aliphatic carbocycles. The van der Waals surface area contributed by atoms with Crippen LogP contribution in [0.1, 0.15) is 30.7 Å². The monoisotopic (exact) mass is 252 g/mol. The van der Waals surface area contributed by atoms with Crippen LogP contribution in [0.25, 0.3) is 0 Å². The number of methoxy groups -OCH3 is 1. The molecule has 0 aliphatic heterocycles. The molecule has 0 N–H and O–H groups in total. The van der Waals surface area contributed by atoms with Crippen LogP contribution in [-0.4, -0.2) is 13.2 Å². The van der Waals surface area contributed by atoms with E-state index in [0.29, 0.717) is 17.9 Å². The summed E-state index contributed by atoms with van der Waals surface area (Å²) in [5, 5.41) is 0. The normalized spacial score (nSPS) is 24.1. The minimum atomic E-state index is 0.300. The summed E-state index contributed by atoms with van der Waals surface area (Å²) >= 11 is 0. The van der Waals surface area contributed by atoms with E-state index in [1.165, 1.54) is 5.56 Å². The molecule has 0 spiro atoms. The van der Waals surface area contributed by atoms with Crippen LogP contribution in [0.3, 0.4) is 0 Å². The lowest BCUT2D eigenvalue weighted by Crippen LogP contribution is -1.90. The molecule has 3 atom stereocenters. The van der Waals surface area contributed by atoms with E-state index in [0.717, 1.165) is 19.3 Å². The molecule has 0 heterocycles. The Labute approximate surface area is 116 Å². The third kappa shape index (κ3) is 3.61. The van der Waals surface area contributed by atoms with Crippen LogP contribution in [0.2, 0.25) is 0 Å². The van der Waals surface area contributed by atoms with Crippen molar-refractivity contribution < 1.29 is 4.74 Å². The molecule has 1 nitrogen and oxygen atoms in total.